The molecule has 1 amide bonds. The highest BCUT2D eigenvalue weighted by atomic mass is 19.1. The Morgan fingerprint density at radius 2 is 1.76 bits per heavy atom. The average Bonchev–Trinajstić information content (AvgIpc) is 3.49. The van der Waals surface area contributed by atoms with Crippen molar-refractivity contribution in [3.05, 3.63) is 84.1 Å². The summed E-state index contributed by atoms with van der Waals surface area (Å²) in [5.41, 5.74) is 2.90. The lowest BCUT2D eigenvalue weighted by atomic mass is 10.0. The molecule has 0 aliphatic carbocycles. The maximum atomic E-state index is 13.6. The van der Waals surface area contributed by atoms with Crippen molar-refractivity contribution in [2.24, 2.45) is 0 Å². The van der Waals surface area contributed by atoms with Crippen molar-refractivity contribution in [1.29, 1.82) is 0 Å². The number of rotatable bonds is 5. The summed E-state index contributed by atoms with van der Waals surface area (Å²) >= 11 is 0. The van der Waals surface area contributed by atoms with E-state index in [4.69, 9.17) is 9.15 Å². The molecular weight excluding hydrogens is 432 g/mol. The maximum absolute atomic E-state index is 13.6. The summed E-state index contributed by atoms with van der Waals surface area (Å²) in [5.74, 6) is -0.255. The molecule has 8 nitrogen and oxygen atoms in total. The first-order chi connectivity index (χ1) is 16.0. The van der Waals surface area contributed by atoms with E-state index >= 15 is 0 Å². The molecule has 5 aromatic rings. The van der Waals surface area contributed by atoms with E-state index < -0.39 is 11.9 Å². The van der Waals surface area contributed by atoms with Crippen LogP contribution in [0.1, 0.15) is 5.76 Å². The first-order valence-electron chi connectivity index (χ1n) is 9.81. The van der Waals surface area contributed by atoms with Gasteiger partial charge in [0.05, 0.1) is 5.69 Å². The number of hydrogen-bond acceptors (Lipinski definition) is 6. The lowest BCUT2D eigenvalue weighted by molar-refractivity contribution is 0.147. The van der Waals surface area contributed by atoms with Gasteiger partial charge in [-0.05, 0) is 64.9 Å². The van der Waals surface area contributed by atoms with Crippen LogP contribution in [0.25, 0.3) is 33.5 Å². The monoisotopic (exact) mass is 447 g/mol. The number of amides is 1. The van der Waals surface area contributed by atoms with Crippen LogP contribution in [0.5, 0.6) is 0 Å². The summed E-state index contributed by atoms with van der Waals surface area (Å²) in [7, 11) is 0. The number of fused-ring (bicyclic) bond motifs is 1. The Morgan fingerprint density at radius 3 is 2.55 bits per heavy atom. The number of nitrogens with zero attached hydrogens (tertiary/aromatic N) is 3. The minimum Gasteiger partial charge on any atom is -0.457 e. The van der Waals surface area contributed by atoms with Crippen molar-refractivity contribution in [3.8, 4) is 22.5 Å². The Hall–Kier alpha value is -4.60. The average molecular weight is 447 g/mol. The van der Waals surface area contributed by atoms with Crippen LogP contribution in [-0.4, -0.2) is 26.7 Å². The van der Waals surface area contributed by atoms with Gasteiger partial charge < -0.3 is 9.15 Å². The molecular formula is C23H15F2N5O3. The molecule has 0 aliphatic rings. The molecule has 2 aromatic heterocycles. The first kappa shape index (κ1) is 20.3. The largest absolute Gasteiger partial charge is 0.457 e. The third-order valence-corrected chi connectivity index (χ3v) is 4.89. The van der Waals surface area contributed by atoms with Crippen LogP contribution in [-0.2, 0) is 11.3 Å². The van der Waals surface area contributed by atoms with Crippen LogP contribution in [0.3, 0.4) is 0 Å². The van der Waals surface area contributed by atoms with E-state index in [2.05, 4.69) is 25.9 Å². The fourth-order valence-corrected chi connectivity index (χ4v) is 3.36. The zero-order chi connectivity index (χ0) is 22.8. The lowest BCUT2D eigenvalue weighted by Crippen LogP contribution is -2.14. The van der Waals surface area contributed by atoms with E-state index in [1.54, 1.807) is 24.3 Å². The molecule has 0 saturated heterocycles. The summed E-state index contributed by atoms with van der Waals surface area (Å²) < 4.78 is 37.8. The van der Waals surface area contributed by atoms with Crippen LogP contribution in [0.15, 0.2) is 71.1 Å². The molecule has 2 heterocycles. The van der Waals surface area contributed by atoms with Gasteiger partial charge in [0.1, 0.15) is 23.0 Å². The topological polar surface area (TPSA) is 106 Å². The first-order valence-corrected chi connectivity index (χ1v) is 9.81. The predicted octanol–water partition coefficient (Wildman–Crippen LogP) is 5.31. The molecule has 0 fully saturated rings. The zero-order valence-electron chi connectivity index (χ0n) is 16.9. The number of aromatic amines is 1. The van der Waals surface area contributed by atoms with Crippen molar-refractivity contribution in [2.45, 2.75) is 6.61 Å². The van der Waals surface area contributed by atoms with Gasteiger partial charge in [0.2, 0.25) is 5.82 Å². The fourth-order valence-electron chi connectivity index (χ4n) is 3.36. The van der Waals surface area contributed by atoms with Crippen LogP contribution in [0.4, 0.5) is 19.3 Å². The highest BCUT2D eigenvalue weighted by Crippen LogP contribution is 2.28. The Labute approximate surface area is 185 Å². The van der Waals surface area contributed by atoms with E-state index in [1.807, 2.05) is 12.1 Å². The van der Waals surface area contributed by atoms with Crippen LogP contribution in [0, 0.1) is 11.6 Å². The number of halogens is 2. The fraction of sp³-hybridized carbons (Fsp3) is 0.0435. The minimum absolute atomic E-state index is 0.120. The molecule has 0 bridgehead atoms. The molecule has 0 radical (unpaired) electrons. The van der Waals surface area contributed by atoms with Gasteiger partial charge in [0, 0.05) is 10.9 Å². The number of nitrogens with one attached hydrogen (secondary N) is 2. The highest BCUT2D eigenvalue weighted by molar-refractivity contribution is 5.90. The maximum Gasteiger partial charge on any atom is 0.412 e. The summed E-state index contributed by atoms with van der Waals surface area (Å²) in [6.07, 6.45) is -0.765. The standard InChI is InChI=1S/C23H15F2N5O3/c24-16-4-1-13(2-5-16)14-3-8-21-15(9-14)10-18(33-21)12-32-23(31)26-20-7-6-17(25)11-19(20)22-27-29-30-28-22/h1-11H,12H2,(H,26,31)(H,27,28,29,30). The van der Waals surface area contributed by atoms with Gasteiger partial charge >= 0.3 is 6.09 Å². The number of aromatic nitrogens is 4. The highest BCUT2D eigenvalue weighted by Gasteiger charge is 2.15. The third-order valence-electron chi connectivity index (χ3n) is 4.89. The normalized spacial score (nSPS) is 11.0. The molecule has 33 heavy (non-hydrogen) atoms. The third kappa shape index (κ3) is 4.40. The van der Waals surface area contributed by atoms with Crippen molar-refractivity contribution in [3.63, 3.8) is 0 Å². The lowest BCUT2D eigenvalue weighted by Gasteiger charge is -2.09. The number of carbonyl (C=O) groups excluding carboxylic acids is 1. The second-order valence-electron chi connectivity index (χ2n) is 7.10. The number of H-pyrrole nitrogens is 1. The summed E-state index contributed by atoms with van der Waals surface area (Å²) in [6.45, 7) is -0.120. The van der Waals surface area contributed by atoms with Gasteiger partial charge in [-0.15, -0.1) is 10.2 Å². The number of anilines is 1. The van der Waals surface area contributed by atoms with E-state index in [9.17, 15) is 13.6 Å². The summed E-state index contributed by atoms with van der Waals surface area (Å²) in [6, 6.07) is 17.3. The molecule has 0 unspecified atom stereocenters. The van der Waals surface area contributed by atoms with Crippen molar-refractivity contribution in [2.75, 3.05) is 5.32 Å². The van der Waals surface area contributed by atoms with Gasteiger partial charge in [0.25, 0.3) is 0 Å². The SMILES string of the molecule is O=C(Nc1ccc(F)cc1-c1nn[nH]n1)OCc1cc2cc(-c3ccc(F)cc3)ccc2o1. The van der Waals surface area contributed by atoms with Gasteiger partial charge in [-0.2, -0.15) is 5.21 Å². The Balaban J connectivity index is 1.28. The molecule has 3 aromatic carbocycles. The summed E-state index contributed by atoms with van der Waals surface area (Å²) in [4.78, 5) is 12.3. The van der Waals surface area contributed by atoms with E-state index in [1.165, 1.54) is 30.3 Å². The second kappa shape index (κ2) is 8.50. The van der Waals surface area contributed by atoms with Gasteiger partial charge in [-0.3, -0.25) is 5.32 Å². The molecule has 0 spiro atoms. The van der Waals surface area contributed by atoms with Crippen LogP contribution < -0.4 is 5.32 Å². The van der Waals surface area contributed by atoms with E-state index in [0.29, 0.717) is 11.3 Å². The van der Waals surface area contributed by atoms with Gasteiger partial charge in [0.15, 0.2) is 6.61 Å². The van der Waals surface area contributed by atoms with E-state index in [-0.39, 0.29) is 29.5 Å². The molecule has 2 N–H and O–H groups in total. The summed E-state index contributed by atoms with van der Waals surface area (Å²) in [5, 5.41) is 16.7. The van der Waals surface area contributed by atoms with Gasteiger partial charge in [-0.1, -0.05) is 18.2 Å². The number of carbonyl (C=O) groups is 1. The molecule has 0 saturated carbocycles. The Kier molecular flexibility index (Phi) is 5.23. The molecule has 0 aliphatic heterocycles. The Morgan fingerprint density at radius 1 is 0.970 bits per heavy atom. The number of furan rings is 1. The molecule has 5 rings (SSSR count). The Bertz CT molecular complexity index is 1430. The minimum atomic E-state index is -0.765. The van der Waals surface area contributed by atoms with E-state index in [0.717, 1.165) is 16.5 Å². The second-order valence-corrected chi connectivity index (χ2v) is 7.10. The van der Waals surface area contributed by atoms with Crippen molar-refractivity contribution >= 4 is 22.7 Å². The quantitative estimate of drug-likeness (QED) is 0.378. The van der Waals surface area contributed by atoms with Crippen molar-refractivity contribution in [1.82, 2.24) is 20.6 Å². The number of benzene rings is 3. The molecule has 0 atom stereocenters. The molecule has 164 valence electrons. The van der Waals surface area contributed by atoms with Gasteiger partial charge in [-0.25, -0.2) is 13.6 Å². The molecule has 10 heteroatoms. The predicted molar refractivity (Wildman–Crippen MR) is 115 cm³/mol. The number of hydrogen-bond donors (Lipinski definition) is 2. The zero-order valence-corrected chi connectivity index (χ0v) is 16.9. The number of ether oxygens (including phenoxy) is 1. The smallest absolute Gasteiger partial charge is 0.412 e. The van der Waals surface area contributed by atoms with Crippen LogP contribution >= 0.6 is 0 Å². The van der Waals surface area contributed by atoms with Crippen LogP contribution in [0.2, 0.25) is 0 Å². The van der Waals surface area contributed by atoms with Crippen molar-refractivity contribution < 1.29 is 22.7 Å². The number of tetrazole rings is 1.